The molecule has 0 N–H and O–H groups in total. The normalized spacial score (nSPS) is 23.3. The molecular weight excluding hydrogens is 306 g/mol. The number of carbonyl (C=O) groups excluding carboxylic acids is 2. The van der Waals surface area contributed by atoms with E-state index in [0.29, 0.717) is 19.0 Å². The minimum absolute atomic E-state index is 0.0454. The number of imidazole rings is 1. The molecule has 24 heavy (non-hydrogen) atoms. The van der Waals surface area contributed by atoms with Gasteiger partial charge in [0.15, 0.2) is 0 Å². The summed E-state index contributed by atoms with van der Waals surface area (Å²) in [6.07, 6.45) is 6.51. The molecule has 0 aromatic carbocycles. The zero-order chi connectivity index (χ0) is 17.3. The Morgan fingerprint density at radius 3 is 2.75 bits per heavy atom. The van der Waals surface area contributed by atoms with Gasteiger partial charge in [-0.15, -0.1) is 0 Å². The molecule has 3 amide bonds. The van der Waals surface area contributed by atoms with Crippen molar-refractivity contribution in [3.63, 3.8) is 0 Å². The molecule has 3 fully saturated rings. The van der Waals surface area contributed by atoms with Crippen molar-refractivity contribution >= 4 is 11.9 Å². The van der Waals surface area contributed by atoms with E-state index < -0.39 is 0 Å². The first-order valence-corrected chi connectivity index (χ1v) is 8.75. The third-order valence-electron chi connectivity index (χ3n) is 5.11. The second-order valence-electron chi connectivity index (χ2n) is 7.05. The van der Waals surface area contributed by atoms with Gasteiger partial charge in [-0.2, -0.15) is 0 Å². The van der Waals surface area contributed by atoms with E-state index >= 15 is 0 Å². The maximum Gasteiger partial charge on any atom is 0.319 e. The topological polar surface area (TPSA) is 61.7 Å². The quantitative estimate of drug-likeness (QED) is 0.831. The SMILES string of the molecule is CCc1nccn1CC(=O)N1C[C@H]2CC[C@@H]1CN(C(=O)N(C)C)C2. The van der Waals surface area contributed by atoms with Gasteiger partial charge in [0.05, 0.1) is 0 Å². The first-order chi connectivity index (χ1) is 11.5. The van der Waals surface area contributed by atoms with Gasteiger partial charge >= 0.3 is 6.03 Å². The zero-order valence-electron chi connectivity index (χ0n) is 14.8. The van der Waals surface area contributed by atoms with Gasteiger partial charge in [-0.1, -0.05) is 6.92 Å². The molecule has 7 heteroatoms. The van der Waals surface area contributed by atoms with E-state index in [2.05, 4.69) is 4.98 Å². The van der Waals surface area contributed by atoms with Gasteiger partial charge in [0.2, 0.25) is 5.91 Å². The number of rotatable bonds is 3. The van der Waals surface area contributed by atoms with Gasteiger partial charge in [0.25, 0.3) is 0 Å². The summed E-state index contributed by atoms with van der Waals surface area (Å²) in [5.74, 6) is 1.45. The zero-order valence-corrected chi connectivity index (χ0v) is 14.8. The molecule has 4 rings (SSSR count). The summed E-state index contributed by atoms with van der Waals surface area (Å²) in [7, 11) is 3.56. The number of aryl methyl sites for hydroxylation is 1. The Kier molecular flexibility index (Phi) is 4.78. The highest BCUT2D eigenvalue weighted by Gasteiger charge is 2.38. The molecule has 0 aliphatic carbocycles. The molecule has 3 saturated heterocycles. The largest absolute Gasteiger partial charge is 0.336 e. The second-order valence-corrected chi connectivity index (χ2v) is 7.05. The minimum Gasteiger partial charge on any atom is -0.336 e. The van der Waals surface area contributed by atoms with Gasteiger partial charge < -0.3 is 19.3 Å². The van der Waals surface area contributed by atoms with Crippen LogP contribution in [0, 0.1) is 5.92 Å². The number of nitrogens with zero attached hydrogens (tertiary/aromatic N) is 5. The molecule has 0 spiro atoms. The number of hydrogen-bond donors (Lipinski definition) is 0. The van der Waals surface area contributed by atoms with Crippen LogP contribution in [0.1, 0.15) is 25.6 Å². The van der Waals surface area contributed by atoms with E-state index in [0.717, 1.165) is 38.2 Å². The molecule has 3 aliphatic rings. The molecule has 2 bridgehead atoms. The highest BCUT2D eigenvalue weighted by atomic mass is 16.2. The summed E-state index contributed by atoms with van der Waals surface area (Å²) in [6.45, 7) is 4.54. The fourth-order valence-electron chi connectivity index (χ4n) is 3.86. The number of carbonyl (C=O) groups is 2. The van der Waals surface area contributed by atoms with Crippen molar-refractivity contribution in [2.45, 2.75) is 38.8 Å². The highest BCUT2D eigenvalue weighted by Crippen LogP contribution is 2.28. The van der Waals surface area contributed by atoms with E-state index in [1.165, 1.54) is 0 Å². The number of urea groups is 1. The number of hydrogen-bond acceptors (Lipinski definition) is 3. The van der Waals surface area contributed by atoms with E-state index in [1.54, 1.807) is 25.2 Å². The van der Waals surface area contributed by atoms with Gasteiger partial charge in [0, 0.05) is 58.6 Å². The maximum atomic E-state index is 12.9. The van der Waals surface area contributed by atoms with Crippen molar-refractivity contribution in [2.24, 2.45) is 5.92 Å². The monoisotopic (exact) mass is 333 g/mol. The standard InChI is InChI=1S/C17H27N5O2/c1-4-15-18-7-8-20(15)12-16(23)22-10-13-5-6-14(22)11-21(9-13)17(24)19(2)3/h7-8,13-14H,4-6,9-12H2,1-3H3/t13-,14+/m0/s1. The third-order valence-corrected chi connectivity index (χ3v) is 5.11. The lowest BCUT2D eigenvalue weighted by molar-refractivity contribution is -0.136. The molecule has 0 saturated carbocycles. The first kappa shape index (κ1) is 16.8. The summed E-state index contributed by atoms with van der Waals surface area (Å²) in [6, 6.07) is 0.179. The Morgan fingerprint density at radius 1 is 1.25 bits per heavy atom. The number of aromatic nitrogens is 2. The fourth-order valence-corrected chi connectivity index (χ4v) is 3.86. The number of amides is 3. The van der Waals surface area contributed by atoms with Crippen LogP contribution in [0.3, 0.4) is 0 Å². The lowest BCUT2D eigenvalue weighted by Crippen LogP contribution is -2.49. The Bertz CT molecular complexity index is 612. The van der Waals surface area contributed by atoms with Crippen LogP contribution in [-0.2, 0) is 17.8 Å². The second kappa shape index (κ2) is 6.83. The molecule has 2 atom stereocenters. The summed E-state index contributed by atoms with van der Waals surface area (Å²) in [4.78, 5) is 35.0. The molecule has 7 nitrogen and oxygen atoms in total. The van der Waals surface area contributed by atoms with E-state index in [1.807, 2.05) is 27.5 Å². The van der Waals surface area contributed by atoms with Gasteiger partial charge in [-0.05, 0) is 18.8 Å². The van der Waals surface area contributed by atoms with Crippen molar-refractivity contribution in [1.29, 1.82) is 0 Å². The van der Waals surface area contributed by atoms with E-state index in [9.17, 15) is 9.59 Å². The van der Waals surface area contributed by atoms with Crippen molar-refractivity contribution in [1.82, 2.24) is 24.3 Å². The molecule has 0 unspecified atom stereocenters. The molecular formula is C17H27N5O2. The average Bonchev–Trinajstić information content (AvgIpc) is 2.81. The van der Waals surface area contributed by atoms with Crippen LogP contribution < -0.4 is 0 Å². The molecule has 1 aromatic rings. The third kappa shape index (κ3) is 3.25. The Balaban J connectivity index is 1.71. The van der Waals surface area contributed by atoms with Gasteiger partial charge in [-0.25, -0.2) is 9.78 Å². The molecule has 0 radical (unpaired) electrons. The molecule has 1 aromatic heterocycles. The van der Waals surface area contributed by atoms with Crippen LogP contribution in [-0.4, -0.2) is 76.0 Å². The van der Waals surface area contributed by atoms with Gasteiger partial charge in [0.1, 0.15) is 12.4 Å². The Hall–Kier alpha value is -2.05. The fraction of sp³-hybridized carbons (Fsp3) is 0.706. The van der Waals surface area contributed by atoms with Crippen LogP contribution in [0.2, 0.25) is 0 Å². The number of fused-ring (bicyclic) bond motifs is 4. The van der Waals surface area contributed by atoms with Crippen LogP contribution >= 0.6 is 0 Å². The van der Waals surface area contributed by atoms with Crippen LogP contribution in [0.5, 0.6) is 0 Å². The van der Waals surface area contributed by atoms with Crippen molar-refractivity contribution in [3.8, 4) is 0 Å². The summed E-state index contributed by atoms with van der Waals surface area (Å²) in [5.41, 5.74) is 0. The predicted molar refractivity (Wildman–Crippen MR) is 90.5 cm³/mol. The van der Waals surface area contributed by atoms with E-state index in [4.69, 9.17) is 0 Å². The molecule has 3 aliphatic heterocycles. The smallest absolute Gasteiger partial charge is 0.319 e. The molecule has 4 heterocycles. The summed E-state index contributed by atoms with van der Waals surface area (Å²) in [5, 5.41) is 0. The summed E-state index contributed by atoms with van der Waals surface area (Å²) >= 11 is 0. The van der Waals surface area contributed by atoms with E-state index in [-0.39, 0.29) is 18.0 Å². The first-order valence-electron chi connectivity index (χ1n) is 8.75. The maximum absolute atomic E-state index is 12.9. The Labute approximate surface area is 143 Å². The van der Waals surface area contributed by atoms with Crippen molar-refractivity contribution in [3.05, 3.63) is 18.2 Å². The number of piperidine rings is 1. The summed E-state index contributed by atoms with van der Waals surface area (Å²) < 4.78 is 1.93. The highest BCUT2D eigenvalue weighted by molar-refractivity contribution is 5.77. The van der Waals surface area contributed by atoms with Crippen LogP contribution in [0.25, 0.3) is 0 Å². The van der Waals surface area contributed by atoms with Crippen LogP contribution in [0.15, 0.2) is 12.4 Å². The lowest BCUT2D eigenvalue weighted by atomic mass is 9.95. The van der Waals surface area contributed by atoms with Gasteiger partial charge in [-0.3, -0.25) is 4.79 Å². The van der Waals surface area contributed by atoms with Crippen molar-refractivity contribution < 1.29 is 9.59 Å². The van der Waals surface area contributed by atoms with Crippen molar-refractivity contribution in [2.75, 3.05) is 33.7 Å². The minimum atomic E-state index is 0.0454. The molecule has 132 valence electrons. The lowest BCUT2D eigenvalue weighted by Gasteiger charge is -2.36. The predicted octanol–water partition coefficient (Wildman–Crippen LogP) is 1.05. The average molecular weight is 333 g/mol. The Morgan fingerprint density at radius 2 is 2.04 bits per heavy atom. The van der Waals surface area contributed by atoms with Crippen LogP contribution in [0.4, 0.5) is 4.79 Å².